The second-order valence-electron chi connectivity index (χ2n) is 4.46. The fourth-order valence-electron chi connectivity index (χ4n) is 2.09. The number of nitrogens with one attached hydrogen (secondary N) is 1. The average molecular weight is 364 g/mol. The molecule has 0 amide bonds. The third-order valence-corrected chi connectivity index (χ3v) is 5.40. The monoisotopic (exact) mass is 364 g/mol. The zero-order valence-electron chi connectivity index (χ0n) is 11.8. The van der Waals surface area contributed by atoms with E-state index in [1.54, 1.807) is 6.92 Å². The van der Waals surface area contributed by atoms with Crippen molar-refractivity contribution in [1.82, 2.24) is 9.97 Å². The summed E-state index contributed by atoms with van der Waals surface area (Å²) >= 11 is 2.01. The van der Waals surface area contributed by atoms with Gasteiger partial charge in [-0.25, -0.2) is 4.98 Å². The fraction of sp³-hybridized carbons (Fsp3) is 0.333. The van der Waals surface area contributed by atoms with Gasteiger partial charge in [-0.15, -0.1) is 11.3 Å². The SMILES string of the molecule is Cc1c(C(=O)[O-])sc2nc(SC3CCOC3=O)[nH]c(=O)c12.[K+]. The summed E-state index contributed by atoms with van der Waals surface area (Å²) in [6, 6.07) is 0. The van der Waals surface area contributed by atoms with Gasteiger partial charge in [0.15, 0.2) is 5.16 Å². The molecular formula is C12H9KN2O5S2. The summed E-state index contributed by atoms with van der Waals surface area (Å²) in [7, 11) is 0. The number of aromatic amines is 1. The second-order valence-corrected chi connectivity index (χ2v) is 6.65. The number of carbonyl (C=O) groups is 2. The van der Waals surface area contributed by atoms with Crippen LogP contribution in [0, 0.1) is 6.92 Å². The Morgan fingerprint density at radius 1 is 1.50 bits per heavy atom. The quantitative estimate of drug-likeness (QED) is 0.352. The van der Waals surface area contributed by atoms with Crippen LogP contribution >= 0.6 is 23.1 Å². The minimum absolute atomic E-state index is 0. The van der Waals surface area contributed by atoms with Crippen LogP contribution in [0.5, 0.6) is 0 Å². The summed E-state index contributed by atoms with van der Waals surface area (Å²) in [5.74, 6) is -1.66. The van der Waals surface area contributed by atoms with Crippen LogP contribution in [0.25, 0.3) is 10.2 Å². The van der Waals surface area contributed by atoms with Crippen molar-refractivity contribution in [1.29, 1.82) is 0 Å². The second kappa shape index (κ2) is 7.12. The van der Waals surface area contributed by atoms with Gasteiger partial charge in [0, 0.05) is 6.42 Å². The van der Waals surface area contributed by atoms with Gasteiger partial charge in [-0.2, -0.15) is 0 Å². The molecule has 1 fully saturated rings. The molecule has 1 aliphatic heterocycles. The number of thiophene rings is 1. The molecule has 3 heterocycles. The van der Waals surface area contributed by atoms with Gasteiger partial charge in [0.2, 0.25) is 0 Å². The Morgan fingerprint density at radius 3 is 2.82 bits per heavy atom. The standard InChI is InChI=1S/C12H10N2O5S2.K/c1-4-6-8(15)13-12(20-5-2-3-19-11(5)18)14-9(6)21-7(4)10(16)17;/h5H,2-3H2,1H3,(H,16,17)(H,13,14,15);/q;+1/p-1. The van der Waals surface area contributed by atoms with Crippen LogP contribution in [-0.4, -0.2) is 33.8 Å². The predicted molar refractivity (Wildman–Crippen MR) is 74.5 cm³/mol. The summed E-state index contributed by atoms with van der Waals surface area (Å²) in [6.07, 6.45) is 0.555. The van der Waals surface area contributed by atoms with Gasteiger partial charge in [-0.1, -0.05) is 11.8 Å². The van der Waals surface area contributed by atoms with E-state index in [1.165, 1.54) is 0 Å². The number of carbonyl (C=O) groups excluding carboxylic acids is 2. The molecule has 0 aliphatic carbocycles. The molecule has 0 bridgehead atoms. The van der Waals surface area contributed by atoms with Gasteiger partial charge in [-0.05, 0) is 12.5 Å². The van der Waals surface area contributed by atoms with E-state index in [2.05, 4.69) is 9.97 Å². The van der Waals surface area contributed by atoms with Crippen LogP contribution in [-0.2, 0) is 9.53 Å². The van der Waals surface area contributed by atoms with Crippen molar-refractivity contribution in [3.63, 3.8) is 0 Å². The Kier molecular flexibility index (Phi) is 5.86. The normalized spacial score (nSPS) is 17.3. The summed E-state index contributed by atoms with van der Waals surface area (Å²) in [5.41, 5.74) is -0.0734. The number of esters is 1. The zero-order chi connectivity index (χ0) is 15.1. The van der Waals surface area contributed by atoms with Crippen LogP contribution in [0.3, 0.4) is 0 Å². The van der Waals surface area contributed by atoms with E-state index in [4.69, 9.17) is 4.74 Å². The Balaban J connectivity index is 0.00000176. The van der Waals surface area contributed by atoms with Crippen molar-refractivity contribution in [2.45, 2.75) is 23.8 Å². The van der Waals surface area contributed by atoms with Gasteiger partial charge in [0.1, 0.15) is 10.1 Å². The first-order valence-electron chi connectivity index (χ1n) is 6.05. The molecule has 0 aromatic carbocycles. The maximum Gasteiger partial charge on any atom is 1.00 e. The number of aromatic nitrogens is 2. The fourth-order valence-corrected chi connectivity index (χ4v) is 4.11. The van der Waals surface area contributed by atoms with Gasteiger partial charge in [0.05, 0.1) is 22.8 Å². The van der Waals surface area contributed by atoms with Crippen molar-refractivity contribution < 1.29 is 70.8 Å². The largest absolute Gasteiger partial charge is 1.00 e. The molecule has 2 aromatic heterocycles. The molecule has 0 spiro atoms. The number of hydrogen-bond acceptors (Lipinski definition) is 8. The third kappa shape index (κ3) is 3.32. The van der Waals surface area contributed by atoms with E-state index in [9.17, 15) is 19.5 Å². The first-order chi connectivity index (χ1) is 9.97. The number of aryl methyl sites for hydroxylation is 1. The molecule has 1 atom stereocenters. The van der Waals surface area contributed by atoms with Gasteiger partial charge >= 0.3 is 57.4 Å². The number of hydrogen-bond donors (Lipinski definition) is 1. The molecule has 22 heavy (non-hydrogen) atoms. The van der Waals surface area contributed by atoms with E-state index < -0.39 is 16.8 Å². The molecule has 2 aromatic rings. The number of rotatable bonds is 3. The summed E-state index contributed by atoms with van der Waals surface area (Å²) in [5, 5.41) is 11.1. The Labute approximate surface area is 175 Å². The molecule has 3 rings (SSSR count). The van der Waals surface area contributed by atoms with Crippen LogP contribution in [0.1, 0.15) is 21.7 Å². The van der Waals surface area contributed by atoms with Crippen LogP contribution in [0.15, 0.2) is 9.95 Å². The number of aromatic carboxylic acids is 1. The van der Waals surface area contributed by atoms with Crippen LogP contribution < -0.4 is 62.1 Å². The molecule has 0 radical (unpaired) electrons. The van der Waals surface area contributed by atoms with Crippen LogP contribution in [0.2, 0.25) is 0 Å². The Morgan fingerprint density at radius 2 is 2.23 bits per heavy atom. The minimum Gasteiger partial charge on any atom is -0.544 e. The first-order valence-corrected chi connectivity index (χ1v) is 7.75. The number of nitrogens with zero attached hydrogens (tertiary/aromatic N) is 1. The average Bonchev–Trinajstić information content (AvgIpc) is 2.95. The molecule has 10 heteroatoms. The van der Waals surface area contributed by atoms with Crippen molar-refractivity contribution in [3.8, 4) is 0 Å². The minimum atomic E-state index is -1.33. The smallest absolute Gasteiger partial charge is 0.544 e. The number of thioether (sulfide) groups is 1. The molecule has 0 saturated carbocycles. The predicted octanol–water partition coefficient (Wildman–Crippen LogP) is -2.93. The number of carboxylic acid groups (broad SMARTS) is 1. The van der Waals surface area contributed by atoms with Crippen LogP contribution in [0.4, 0.5) is 0 Å². The van der Waals surface area contributed by atoms with Gasteiger partial charge in [0.25, 0.3) is 5.56 Å². The number of fused-ring (bicyclic) bond motifs is 1. The van der Waals surface area contributed by atoms with E-state index in [-0.39, 0.29) is 72.8 Å². The molecule has 1 unspecified atom stereocenters. The molecule has 1 saturated heterocycles. The third-order valence-electron chi connectivity index (χ3n) is 3.11. The molecule has 7 nitrogen and oxygen atoms in total. The number of cyclic esters (lactones) is 1. The van der Waals surface area contributed by atoms with Gasteiger partial charge in [-0.3, -0.25) is 9.59 Å². The van der Waals surface area contributed by atoms with Crippen molar-refractivity contribution in [2.75, 3.05) is 6.61 Å². The molecular weight excluding hydrogens is 355 g/mol. The van der Waals surface area contributed by atoms with Crippen molar-refractivity contribution in [2.24, 2.45) is 0 Å². The topological polar surface area (TPSA) is 112 Å². The number of ether oxygens (including phenoxy) is 1. The molecule has 1 aliphatic rings. The number of H-pyrrole nitrogens is 1. The summed E-state index contributed by atoms with van der Waals surface area (Å²) in [4.78, 5) is 41.6. The van der Waals surface area contributed by atoms with Crippen molar-refractivity contribution >= 4 is 45.3 Å². The van der Waals surface area contributed by atoms with E-state index in [1.807, 2.05) is 0 Å². The van der Waals surface area contributed by atoms with E-state index in [0.29, 0.717) is 23.4 Å². The van der Waals surface area contributed by atoms with Gasteiger partial charge < -0.3 is 19.6 Å². The van der Waals surface area contributed by atoms with E-state index >= 15 is 0 Å². The van der Waals surface area contributed by atoms with Crippen molar-refractivity contribution in [3.05, 3.63) is 20.8 Å². The molecule has 110 valence electrons. The van der Waals surface area contributed by atoms with E-state index in [0.717, 1.165) is 23.1 Å². The maximum atomic E-state index is 12.1. The molecule has 1 N–H and O–H groups in total. The summed E-state index contributed by atoms with van der Waals surface area (Å²) in [6.45, 7) is 1.90. The first kappa shape index (κ1) is 18.1. The zero-order valence-corrected chi connectivity index (χ0v) is 16.6. The Bertz CT molecular complexity index is 816. The maximum absolute atomic E-state index is 12.1. The Hall–Kier alpha value is -0.234. The number of carboxylic acids is 1. The summed E-state index contributed by atoms with van der Waals surface area (Å²) < 4.78 is 4.85.